The molecule has 0 saturated carbocycles. The molecule has 0 N–H and O–H groups in total. The van der Waals surface area contributed by atoms with Crippen LogP contribution in [0.4, 0.5) is 0 Å². The fraction of sp³-hybridized carbons (Fsp3) is 0.294. The molecule has 0 amide bonds. The molecule has 6 nitrogen and oxygen atoms in total. The minimum atomic E-state index is -3.60. The Bertz CT molecular complexity index is 821. The zero-order valence-corrected chi connectivity index (χ0v) is 15.6. The second kappa shape index (κ2) is 8.09. The molecule has 0 aromatic heterocycles. The van der Waals surface area contributed by atoms with Gasteiger partial charge in [-0.25, -0.2) is 16.8 Å². The number of rotatable bonds is 8. The van der Waals surface area contributed by atoms with Crippen LogP contribution in [-0.4, -0.2) is 35.5 Å². The summed E-state index contributed by atoms with van der Waals surface area (Å²) < 4.78 is 58.2. The fourth-order valence-corrected chi connectivity index (χ4v) is 3.92. The van der Waals surface area contributed by atoms with Gasteiger partial charge in [-0.15, -0.1) is 0 Å². The minimum Gasteiger partial charge on any atom is -0.339 e. The van der Waals surface area contributed by atoms with Crippen LogP contribution in [0.2, 0.25) is 0 Å². The number of hydrogen-bond donors (Lipinski definition) is 0. The van der Waals surface area contributed by atoms with Crippen LogP contribution in [0.15, 0.2) is 58.3 Å². The van der Waals surface area contributed by atoms with Gasteiger partial charge < -0.3 is 9.47 Å². The van der Waals surface area contributed by atoms with Crippen LogP contribution in [0.3, 0.4) is 0 Å². The van der Waals surface area contributed by atoms with Crippen LogP contribution in [0.25, 0.3) is 0 Å². The van der Waals surface area contributed by atoms with Gasteiger partial charge in [0.15, 0.2) is 11.9 Å². The number of hydrogen-bond acceptors (Lipinski definition) is 6. The van der Waals surface area contributed by atoms with Gasteiger partial charge in [0.2, 0.25) is 19.7 Å². The van der Waals surface area contributed by atoms with Crippen LogP contribution in [-0.2, 0) is 29.1 Å². The summed E-state index contributed by atoms with van der Waals surface area (Å²) >= 11 is 0. The largest absolute Gasteiger partial charge is 0.339 e. The van der Waals surface area contributed by atoms with E-state index in [1.54, 1.807) is 24.3 Å². The summed E-state index contributed by atoms with van der Waals surface area (Å²) in [5.74, 6) is -1.17. The maximum Gasteiger partial charge on any atom is 0.202 e. The summed E-state index contributed by atoms with van der Waals surface area (Å²) in [5, 5.41) is 0. The normalized spacial score (nSPS) is 12.2. The van der Waals surface area contributed by atoms with Crippen molar-refractivity contribution in [2.75, 3.05) is 18.7 Å². The number of aryl methyl sites for hydroxylation is 2. The Morgan fingerprint density at radius 1 is 0.640 bits per heavy atom. The van der Waals surface area contributed by atoms with Crippen LogP contribution in [0.5, 0.6) is 0 Å². The number of benzene rings is 2. The Balaban J connectivity index is 1.83. The van der Waals surface area contributed by atoms with Gasteiger partial charge in [0.05, 0.1) is 9.79 Å². The molecular weight excluding hydrogens is 364 g/mol. The topological polar surface area (TPSA) is 86.7 Å². The second-order valence-corrected chi connectivity index (χ2v) is 9.49. The lowest BCUT2D eigenvalue weighted by molar-refractivity contribution is -0.0202. The molecule has 0 heterocycles. The molecule has 0 fully saturated rings. The molecule has 0 spiro atoms. The second-order valence-electron chi connectivity index (χ2n) is 5.62. The first-order chi connectivity index (χ1) is 11.7. The lowest BCUT2D eigenvalue weighted by Crippen LogP contribution is -2.15. The van der Waals surface area contributed by atoms with Crippen molar-refractivity contribution in [2.24, 2.45) is 0 Å². The van der Waals surface area contributed by atoms with Crippen molar-refractivity contribution < 1.29 is 26.3 Å². The van der Waals surface area contributed by atoms with Gasteiger partial charge in [-0.1, -0.05) is 35.4 Å². The first-order valence-electron chi connectivity index (χ1n) is 7.45. The Kier molecular flexibility index (Phi) is 6.34. The van der Waals surface area contributed by atoms with E-state index in [1.165, 1.54) is 24.3 Å². The highest BCUT2D eigenvalue weighted by molar-refractivity contribution is 7.91. The van der Waals surface area contributed by atoms with E-state index in [1.807, 2.05) is 13.8 Å². The summed E-state index contributed by atoms with van der Waals surface area (Å²) in [7, 11) is -7.20. The Morgan fingerprint density at radius 2 is 0.960 bits per heavy atom. The van der Waals surface area contributed by atoms with Gasteiger partial charge in [0.25, 0.3) is 0 Å². The monoisotopic (exact) mass is 384 g/mol. The maximum absolute atomic E-state index is 12.1. The van der Waals surface area contributed by atoms with Crippen LogP contribution in [0.1, 0.15) is 11.1 Å². The molecule has 0 unspecified atom stereocenters. The third-order valence-electron chi connectivity index (χ3n) is 3.40. The highest BCUT2D eigenvalue weighted by Gasteiger charge is 2.16. The predicted octanol–water partition coefficient (Wildman–Crippen LogP) is 2.46. The quantitative estimate of drug-likeness (QED) is 0.513. The first kappa shape index (κ1) is 19.6. The molecule has 25 heavy (non-hydrogen) atoms. The molecule has 2 aromatic rings. The molecule has 0 atom stereocenters. The van der Waals surface area contributed by atoms with E-state index in [-0.39, 0.29) is 9.79 Å². The molecule has 8 heteroatoms. The zero-order chi connectivity index (χ0) is 18.5. The van der Waals surface area contributed by atoms with Gasteiger partial charge in [0, 0.05) is 0 Å². The smallest absolute Gasteiger partial charge is 0.202 e. The van der Waals surface area contributed by atoms with Crippen molar-refractivity contribution in [1.29, 1.82) is 0 Å². The fourth-order valence-electron chi connectivity index (χ4n) is 1.97. The summed E-state index contributed by atoms with van der Waals surface area (Å²) in [4.78, 5) is 0.288. The van der Waals surface area contributed by atoms with Crippen LogP contribution in [0, 0.1) is 13.8 Å². The number of ether oxygens (including phenoxy) is 2. The Labute approximate surface area is 148 Å². The van der Waals surface area contributed by atoms with E-state index < -0.39 is 38.3 Å². The van der Waals surface area contributed by atoms with Crippen molar-refractivity contribution in [3.63, 3.8) is 0 Å². The van der Waals surface area contributed by atoms with Gasteiger partial charge in [0.1, 0.15) is 6.79 Å². The summed E-state index contributed by atoms with van der Waals surface area (Å²) in [6, 6.07) is 12.8. The summed E-state index contributed by atoms with van der Waals surface area (Å²) in [6.45, 7) is 3.28. The molecule has 0 saturated heterocycles. The molecule has 0 aliphatic rings. The highest BCUT2D eigenvalue weighted by Crippen LogP contribution is 2.14. The van der Waals surface area contributed by atoms with Gasteiger partial charge >= 0.3 is 0 Å². The number of sulfone groups is 2. The van der Waals surface area contributed by atoms with Gasteiger partial charge in [-0.2, -0.15) is 0 Å². The predicted molar refractivity (Wildman–Crippen MR) is 93.5 cm³/mol. The maximum atomic E-state index is 12.1. The molecule has 0 bridgehead atoms. The third-order valence-corrected chi connectivity index (χ3v) is 6.34. The Morgan fingerprint density at radius 3 is 1.28 bits per heavy atom. The van der Waals surface area contributed by atoms with E-state index in [0.29, 0.717) is 0 Å². The molecule has 2 aromatic carbocycles. The van der Waals surface area contributed by atoms with E-state index in [9.17, 15) is 16.8 Å². The minimum absolute atomic E-state index is 0.144. The molecule has 0 radical (unpaired) electrons. The molecule has 136 valence electrons. The van der Waals surface area contributed by atoms with Crippen molar-refractivity contribution in [2.45, 2.75) is 23.6 Å². The van der Waals surface area contributed by atoms with Gasteiger partial charge in [-0.3, -0.25) is 0 Å². The van der Waals surface area contributed by atoms with E-state index >= 15 is 0 Å². The lowest BCUT2D eigenvalue weighted by Gasteiger charge is -2.08. The van der Waals surface area contributed by atoms with Crippen LogP contribution < -0.4 is 0 Å². The van der Waals surface area contributed by atoms with E-state index in [0.717, 1.165) is 11.1 Å². The lowest BCUT2D eigenvalue weighted by atomic mass is 10.2. The SMILES string of the molecule is Cc1ccc(S(=O)(=O)COCOCS(=O)(=O)c2ccc(C)cc2)cc1. The van der Waals surface area contributed by atoms with Crippen LogP contribution >= 0.6 is 0 Å². The molecule has 2 rings (SSSR count). The molecular formula is C17H20O6S2. The molecule has 0 aliphatic carbocycles. The molecule has 0 aliphatic heterocycles. The van der Waals surface area contributed by atoms with Crippen molar-refractivity contribution in [3.05, 3.63) is 59.7 Å². The summed E-state index contributed by atoms with van der Waals surface area (Å²) in [5.41, 5.74) is 1.90. The Hall–Kier alpha value is -1.74. The average Bonchev–Trinajstić information content (AvgIpc) is 2.55. The highest BCUT2D eigenvalue weighted by atomic mass is 32.2. The first-order valence-corrected chi connectivity index (χ1v) is 10.8. The van der Waals surface area contributed by atoms with Crippen molar-refractivity contribution in [1.82, 2.24) is 0 Å². The van der Waals surface area contributed by atoms with Crippen molar-refractivity contribution >= 4 is 19.7 Å². The summed E-state index contributed by atoms with van der Waals surface area (Å²) in [6.07, 6.45) is 0. The third kappa shape index (κ3) is 5.64. The van der Waals surface area contributed by atoms with Crippen molar-refractivity contribution in [3.8, 4) is 0 Å². The van der Waals surface area contributed by atoms with E-state index in [4.69, 9.17) is 9.47 Å². The average molecular weight is 384 g/mol. The zero-order valence-electron chi connectivity index (χ0n) is 14.0. The standard InChI is InChI=1S/C17H20O6S2/c1-14-3-7-16(8-4-14)24(18,19)12-22-11-23-13-25(20,21)17-9-5-15(2)6-10-17/h3-10H,11-13H2,1-2H3. The van der Waals surface area contributed by atoms with E-state index in [2.05, 4.69) is 0 Å². The van der Waals surface area contributed by atoms with Gasteiger partial charge in [-0.05, 0) is 38.1 Å².